The molecule has 0 bridgehead atoms. The standard InChI is InChI=1S/C27H28ClN3O3/c1-3-22(26(33)29-2)31(17-19-9-4-5-13-21(19)28)24(32)15-8-16-30-23-14-7-11-18-10-6-12-20(25(18)23)27(30)34/h4-7,9-14,22H,3,8,15-17H2,1-2H3,(H,29,33)/t22-/m1/s1. The third-order valence-corrected chi connectivity index (χ3v) is 6.72. The van der Waals surface area contributed by atoms with E-state index in [1.165, 1.54) is 0 Å². The lowest BCUT2D eigenvalue weighted by Gasteiger charge is -2.31. The zero-order valence-electron chi connectivity index (χ0n) is 19.4. The summed E-state index contributed by atoms with van der Waals surface area (Å²) >= 11 is 6.34. The van der Waals surface area contributed by atoms with Crippen molar-refractivity contribution >= 4 is 45.8 Å². The molecule has 0 unspecified atom stereocenters. The Labute approximate surface area is 204 Å². The minimum absolute atomic E-state index is 0.0380. The lowest BCUT2D eigenvalue weighted by molar-refractivity contribution is -0.141. The van der Waals surface area contributed by atoms with Gasteiger partial charge in [0.1, 0.15) is 6.04 Å². The molecule has 1 aliphatic rings. The Morgan fingerprint density at radius 2 is 1.79 bits per heavy atom. The summed E-state index contributed by atoms with van der Waals surface area (Å²) < 4.78 is 0. The van der Waals surface area contributed by atoms with E-state index in [1.807, 2.05) is 61.5 Å². The van der Waals surface area contributed by atoms with E-state index in [0.29, 0.717) is 30.0 Å². The summed E-state index contributed by atoms with van der Waals surface area (Å²) in [5, 5.41) is 5.21. The van der Waals surface area contributed by atoms with Crippen molar-refractivity contribution in [2.45, 2.75) is 38.8 Å². The van der Waals surface area contributed by atoms with E-state index in [2.05, 4.69) is 5.32 Å². The highest BCUT2D eigenvalue weighted by atomic mass is 35.5. The second-order valence-electron chi connectivity index (χ2n) is 8.39. The van der Waals surface area contributed by atoms with Crippen molar-refractivity contribution in [1.82, 2.24) is 10.2 Å². The first-order valence-electron chi connectivity index (χ1n) is 11.5. The second-order valence-corrected chi connectivity index (χ2v) is 8.80. The maximum Gasteiger partial charge on any atom is 0.258 e. The van der Waals surface area contributed by atoms with Crippen molar-refractivity contribution in [3.8, 4) is 0 Å². The molecule has 7 heteroatoms. The minimum atomic E-state index is -0.597. The van der Waals surface area contributed by atoms with Gasteiger partial charge in [0.25, 0.3) is 5.91 Å². The highest BCUT2D eigenvalue weighted by Gasteiger charge is 2.31. The molecule has 0 spiro atoms. The molecule has 1 aliphatic heterocycles. The van der Waals surface area contributed by atoms with E-state index in [1.54, 1.807) is 22.9 Å². The number of rotatable bonds is 9. The van der Waals surface area contributed by atoms with Gasteiger partial charge in [0, 0.05) is 42.5 Å². The van der Waals surface area contributed by atoms with Gasteiger partial charge in [-0.25, -0.2) is 0 Å². The molecule has 1 N–H and O–H groups in total. The number of carbonyl (C=O) groups is 3. The molecule has 0 saturated carbocycles. The van der Waals surface area contributed by atoms with Gasteiger partial charge in [0.15, 0.2) is 0 Å². The fraction of sp³-hybridized carbons (Fsp3) is 0.296. The van der Waals surface area contributed by atoms with Crippen molar-refractivity contribution in [2.24, 2.45) is 0 Å². The number of likely N-dealkylation sites (N-methyl/N-ethyl adjacent to an activating group) is 1. The number of nitrogens with zero attached hydrogens (tertiary/aromatic N) is 2. The highest BCUT2D eigenvalue weighted by Crippen LogP contribution is 2.37. The monoisotopic (exact) mass is 477 g/mol. The lowest BCUT2D eigenvalue weighted by atomic mass is 10.1. The molecular weight excluding hydrogens is 450 g/mol. The summed E-state index contributed by atoms with van der Waals surface area (Å²) in [7, 11) is 1.57. The van der Waals surface area contributed by atoms with Gasteiger partial charge < -0.3 is 15.1 Å². The summed E-state index contributed by atoms with van der Waals surface area (Å²) in [4.78, 5) is 42.2. The maximum atomic E-state index is 13.3. The topological polar surface area (TPSA) is 69.7 Å². The molecule has 176 valence electrons. The van der Waals surface area contributed by atoms with E-state index < -0.39 is 6.04 Å². The average molecular weight is 478 g/mol. The van der Waals surface area contributed by atoms with Gasteiger partial charge in [-0.3, -0.25) is 14.4 Å². The van der Waals surface area contributed by atoms with Crippen LogP contribution in [-0.4, -0.2) is 42.3 Å². The van der Waals surface area contributed by atoms with Gasteiger partial charge in [0.2, 0.25) is 11.8 Å². The molecule has 1 atom stereocenters. The van der Waals surface area contributed by atoms with Crippen molar-refractivity contribution in [3.63, 3.8) is 0 Å². The van der Waals surface area contributed by atoms with Crippen LogP contribution in [0.2, 0.25) is 5.02 Å². The van der Waals surface area contributed by atoms with Crippen LogP contribution in [0.5, 0.6) is 0 Å². The number of hydrogen-bond acceptors (Lipinski definition) is 3. The van der Waals surface area contributed by atoms with Crippen molar-refractivity contribution in [2.75, 3.05) is 18.5 Å². The summed E-state index contributed by atoms with van der Waals surface area (Å²) in [5.41, 5.74) is 2.37. The van der Waals surface area contributed by atoms with E-state index in [4.69, 9.17) is 11.6 Å². The highest BCUT2D eigenvalue weighted by molar-refractivity contribution is 6.31. The Balaban J connectivity index is 1.49. The second kappa shape index (κ2) is 10.3. The summed E-state index contributed by atoms with van der Waals surface area (Å²) in [5.74, 6) is -0.388. The number of benzene rings is 3. The van der Waals surface area contributed by atoms with Crippen molar-refractivity contribution < 1.29 is 14.4 Å². The average Bonchev–Trinajstić information content (AvgIpc) is 3.12. The number of hydrogen-bond donors (Lipinski definition) is 1. The van der Waals surface area contributed by atoms with Crippen LogP contribution in [0.4, 0.5) is 5.69 Å². The Bertz CT molecular complexity index is 1240. The SMILES string of the molecule is CC[C@H](C(=O)NC)N(Cc1ccccc1Cl)C(=O)CCCN1C(=O)c2cccc3cccc1c23. The van der Waals surface area contributed by atoms with E-state index in [-0.39, 0.29) is 30.7 Å². The molecule has 3 aromatic rings. The summed E-state index contributed by atoms with van der Waals surface area (Å²) in [6, 6.07) is 18.4. The Morgan fingerprint density at radius 3 is 2.50 bits per heavy atom. The van der Waals surface area contributed by atoms with Gasteiger partial charge in [-0.1, -0.05) is 61.0 Å². The van der Waals surface area contributed by atoms with Crippen LogP contribution in [-0.2, 0) is 16.1 Å². The zero-order chi connectivity index (χ0) is 24.2. The molecule has 0 fully saturated rings. The van der Waals surface area contributed by atoms with Gasteiger partial charge in [-0.2, -0.15) is 0 Å². The molecule has 0 aliphatic carbocycles. The van der Waals surface area contributed by atoms with Crippen LogP contribution in [0.3, 0.4) is 0 Å². The third kappa shape index (κ3) is 4.50. The van der Waals surface area contributed by atoms with E-state index >= 15 is 0 Å². The van der Waals surface area contributed by atoms with Crippen LogP contribution >= 0.6 is 11.6 Å². The van der Waals surface area contributed by atoms with Crippen LogP contribution in [0.15, 0.2) is 60.7 Å². The number of amides is 3. The first-order chi connectivity index (χ1) is 16.5. The number of carbonyl (C=O) groups excluding carboxylic acids is 3. The van der Waals surface area contributed by atoms with Crippen LogP contribution in [0.1, 0.15) is 42.1 Å². The Kier molecular flexibility index (Phi) is 7.17. The number of anilines is 1. The predicted octanol–water partition coefficient (Wildman–Crippen LogP) is 4.79. The zero-order valence-corrected chi connectivity index (χ0v) is 20.1. The maximum absolute atomic E-state index is 13.3. The molecule has 34 heavy (non-hydrogen) atoms. The Hall–Kier alpha value is -3.38. The number of halogens is 1. The van der Waals surface area contributed by atoms with Crippen molar-refractivity contribution in [3.05, 3.63) is 76.8 Å². The minimum Gasteiger partial charge on any atom is -0.357 e. The molecule has 0 aromatic heterocycles. The van der Waals surface area contributed by atoms with Crippen molar-refractivity contribution in [1.29, 1.82) is 0 Å². The quantitative estimate of drug-likeness (QED) is 0.482. The molecule has 0 saturated heterocycles. The Morgan fingerprint density at radius 1 is 1.06 bits per heavy atom. The molecule has 3 aromatic carbocycles. The summed E-state index contributed by atoms with van der Waals surface area (Å²) in [6.07, 6.45) is 1.18. The molecule has 4 rings (SSSR count). The van der Waals surface area contributed by atoms with Gasteiger partial charge in [0.05, 0.1) is 5.69 Å². The normalized spacial score (nSPS) is 13.3. The fourth-order valence-corrected chi connectivity index (χ4v) is 4.82. The molecule has 0 radical (unpaired) electrons. The van der Waals surface area contributed by atoms with E-state index in [0.717, 1.165) is 22.0 Å². The smallest absolute Gasteiger partial charge is 0.258 e. The first kappa shape index (κ1) is 23.8. The fourth-order valence-electron chi connectivity index (χ4n) is 4.63. The number of nitrogens with one attached hydrogen (secondary N) is 1. The van der Waals surface area contributed by atoms with Gasteiger partial charge >= 0.3 is 0 Å². The molecule has 1 heterocycles. The molecular formula is C27H28ClN3O3. The lowest BCUT2D eigenvalue weighted by Crippen LogP contribution is -2.48. The van der Waals surface area contributed by atoms with Gasteiger partial charge in [-0.15, -0.1) is 0 Å². The summed E-state index contributed by atoms with van der Waals surface area (Å²) in [6.45, 7) is 2.56. The third-order valence-electron chi connectivity index (χ3n) is 6.35. The largest absolute Gasteiger partial charge is 0.357 e. The van der Waals surface area contributed by atoms with Gasteiger partial charge in [-0.05, 0) is 42.0 Å². The van der Waals surface area contributed by atoms with Crippen LogP contribution < -0.4 is 10.2 Å². The molecule has 6 nitrogen and oxygen atoms in total. The van der Waals surface area contributed by atoms with E-state index in [9.17, 15) is 14.4 Å². The first-order valence-corrected chi connectivity index (χ1v) is 11.9. The van der Waals surface area contributed by atoms with Crippen LogP contribution in [0.25, 0.3) is 10.8 Å². The van der Waals surface area contributed by atoms with Crippen LogP contribution in [0, 0.1) is 0 Å². The molecule has 3 amide bonds. The predicted molar refractivity (Wildman–Crippen MR) is 135 cm³/mol.